The summed E-state index contributed by atoms with van der Waals surface area (Å²) in [5.74, 6) is 0.398. The van der Waals surface area contributed by atoms with Crippen LogP contribution >= 0.6 is 11.6 Å². The van der Waals surface area contributed by atoms with Crippen LogP contribution in [0.5, 0.6) is 5.75 Å². The Bertz CT molecular complexity index is 677. The normalized spacial score (nSPS) is 18.9. The molecule has 3 rings (SSSR count). The minimum Gasteiger partial charge on any atom is -0.492 e. The lowest BCUT2D eigenvalue weighted by Gasteiger charge is -2.16. The molecule has 0 spiro atoms. The zero-order chi connectivity index (χ0) is 15.4. The van der Waals surface area contributed by atoms with Crippen LogP contribution in [0.1, 0.15) is 0 Å². The molecule has 1 fully saturated rings. The molecule has 0 saturated carbocycles. The highest BCUT2D eigenvalue weighted by molar-refractivity contribution is 6.33. The molecule has 0 aliphatic carbocycles. The van der Waals surface area contributed by atoms with E-state index in [0.717, 1.165) is 13.1 Å². The van der Waals surface area contributed by atoms with Gasteiger partial charge < -0.3 is 14.8 Å². The molecular formula is C14H16ClN3O4. The van der Waals surface area contributed by atoms with Crippen molar-refractivity contribution in [3.63, 3.8) is 0 Å². The quantitative estimate of drug-likeness (QED) is 0.880. The first-order valence-electron chi connectivity index (χ1n) is 7.00. The van der Waals surface area contributed by atoms with E-state index in [0.29, 0.717) is 36.2 Å². The van der Waals surface area contributed by atoms with E-state index in [1.807, 2.05) is 0 Å². The summed E-state index contributed by atoms with van der Waals surface area (Å²) < 4.78 is 15.9. The molecule has 1 unspecified atom stereocenters. The number of rotatable bonds is 4. The first-order chi connectivity index (χ1) is 10.7. The SMILES string of the molecule is O=c1[nH]c(-c2c(Cl)cccc2OCC2CNCCOC2)no1. The Morgan fingerprint density at radius 2 is 2.36 bits per heavy atom. The first-order valence-corrected chi connectivity index (χ1v) is 7.38. The van der Waals surface area contributed by atoms with E-state index < -0.39 is 5.76 Å². The first kappa shape index (κ1) is 15.1. The Kier molecular flexibility index (Phi) is 4.77. The lowest BCUT2D eigenvalue weighted by atomic mass is 10.1. The number of nitrogens with zero attached hydrogens (tertiary/aromatic N) is 1. The van der Waals surface area contributed by atoms with E-state index in [2.05, 4.69) is 20.0 Å². The van der Waals surface area contributed by atoms with Gasteiger partial charge in [-0.05, 0) is 12.1 Å². The summed E-state index contributed by atoms with van der Waals surface area (Å²) in [5, 5.41) is 7.39. The van der Waals surface area contributed by atoms with Gasteiger partial charge in [-0.1, -0.05) is 22.8 Å². The van der Waals surface area contributed by atoms with Crippen molar-refractivity contribution in [2.45, 2.75) is 0 Å². The monoisotopic (exact) mass is 325 g/mol. The van der Waals surface area contributed by atoms with Gasteiger partial charge in [0.1, 0.15) is 5.75 Å². The van der Waals surface area contributed by atoms with Crippen molar-refractivity contribution >= 4 is 11.6 Å². The highest BCUT2D eigenvalue weighted by Crippen LogP contribution is 2.34. The standard InChI is InChI=1S/C14H16ClN3O4/c15-10-2-1-3-11(12(10)13-17-14(19)22-18-13)21-8-9-6-16-4-5-20-7-9/h1-3,9,16H,4-8H2,(H,17,18,19). The van der Waals surface area contributed by atoms with Gasteiger partial charge >= 0.3 is 5.76 Å². The minimum atomic E-state index is -0.637. The number of aromatic nitrogens is 2. The molecule has 1 atom stereocenters. The van der Waals surface area contributed by atoms with Crippen LogP contribution in [0.25, 0.3) is 11.4 Å². The number of ether oxygens (including phenoxy) is 2. The maximum atomic E-state index is 11.1. The van der Waals surface area contributed by atoms with Crippen molar-refractivity contribution < 1.29 is 14.0 Å². The second kappa shape index (κ2) is 6.95. The van der Waals surface area contributed by atoms with Crippen LogP contribution in [0.3, 0.4) is 0 Å². The second-order valence-corrected chi connectivity index (χ2v) is 5.42. The highest BCUT2D eigenvalue weighted by Gasteiger charge is 2.18. The third-order valence-corrected chi connectivity index (χ3v) is 3.65. The fourth-order valence-corrected chi connectivity index (χ4v) is 2.52. The molecule has 22 heavy (non-hydrogen) atoms. The molecule has 7 nitrogen and oxygen atoms in total. The second-order valence-electron chi connectivity index (χ2n) is 5.01. The van der Waals surface area contributed by atoms with Crippen LogP contribution in [0.4, 0.5) is 0 Å². The molecule has 1 aromatic carbocycles. The van der Waals surface area contributed by atoms with Gasteiger partial charge in [0.15, 0.2) is 5.82 Å². The van der Waals surface area contributed by atoms with E-state index in [1.165, 1.54) is 0 Å². The predicted octanol–water partition coefficient (Wildman–Crippen LogP) is 1.30. The van der Waals surface area contributed by atoms with Crippen molar-refractivity contribution in [2.75, 3.05) is 32.9 Å². The number of nitrogens with one attached hydrogen (secondary N) is 2. The van der Waals surface area contributed by atoms with E-state index in [9.17, 15) is 4.79 Å². The van der Waals surface area contributed by atoms with Gasteiger partial charge in [0.2, 0.25) is 0 Å². The number of hydrogen-bond donors (Lipinski definition) is 2. The van der Waals surface area contributed by atoms with Crippen molar-refractivity contribution in [1.29, 1.82) is 0 Å². The average molecular weight is 326 g/mol. The zero-order valence-corrected chi connectivity index (χ0v) is 12.6. The summed E-state index contributed by atoms with van der Waals surface area (Å²) >= 11 is 6.20. The van der Waals surface area contributed by atoms with Gasteiger partial charge in [0.25, 0.3) is 0 Å². The molecule has 0 radical (unpaired) electrons. The minimum absolute atomic E-state index is 0.241. The summed E-state index contributed by atoms with van der Waals surface area (Å²) in [7, 11) is 0. The summed E-state index contributed by atoms with van der Waals surface area (Å²) in [6, 6.07) is 5.26. The van der Waals surface area contributed by atoms with Gasteiger partial charge in [-0.2, -0.15) is 0 Å². The molecule has 0 bridgehead atoms. The molecule has 2 heterocycles. The molecule has 1 aliphatic rings. The Hall–Kier alpha value is -1.83. The van der Waals surface area contributed by atoms with Crippen molar-refractivity contribution in [2.24, 2.45) is 5.92 Å². The van der Waals surface area contributed by atoms with Crippen LogP contribution in [-0.2, 0) is 4.74 Å². The van der Waals surface area contributed by atoms with Crippen LogP contribution < -0.4 is 15.8 Å². The number of H-pyrrole nitrogens is 1. The van der Waals surface area contributed by atoms with Crippen molar-refractivity contribution in [1.82, 2.24) is 15.5 Å². The summed E-state index contributed by atoms with van der Waals surface area (Å²) in [6.45, 7) is 3.50. The number of benzene rings is 1. The van der Waals surface area contributed by atoms with Crippen LogP contribution in [0.15, 0.2) is 27.5 Å². The van der Waals surface area contributed by atoms with Crippen LogP contribution in [0, 0.1) is 5.92 Å². The van der Waals surface area contributed by atoms with E-state index in [4.69, 9.17) is 21.1 Å². The highest BCUT2D eigenvalue weighted by atomic mass is 35.5. The Morgan fingerprint density at radius 1 is 1.45 bits per heavy atom. The molecule has 1 saturated heterocycles. The smallest absolute Gasteiger partial charge is 0.439 e. The third-order valence-electron chi connectivity index (χ3n) is 3.34. The molecule has 1 aromatic heterocycles. The fraction of sp³-hybridized carbons (Fsp3) is 0.429. The molecule has 0 amide bonds. The van der Waals surface area contributed by atoms with Gasteiger partial charge in [-0.15, -0.1) is 0 Å². The van der Waals surface area contributed by atoms with Gasteiger partial charge in [0.05, 0.1) is 30.4 Å². The van der Waals surface area contributed by atoms with E-state index >= 15 is 0 Å². The Morgan fingerprint density at radius 3 is 3.18 bits per heavy atom. The predicted molar refractivity (Wildman–Crippen MR) is 80.2 cm³/mol. The maximum Gasteiger partial charge on any atom is 0.439 e. The fourth-order valence-electron chi connectivity index (χ4n) is 2.27. The Labute approximate surface area is 131 Å². The lowest BCUT2D eigenvalue weighted by Crippen LogP contribution is -2.27. The Balaban J connectivity index is 1.78. The van der Waals surface area contributed by atoms with Gasteiger partial charge in [0, 0.05) is 19.0 Å². The van der Waals surface area contributed by atoms with E-state index in [1.54, 1.807) is 18.2 Å². The van der Waals surface area contributed by atoms with Gasteiger partial charge in [-0.25, -0.2) is 4.79 Å². The lowest BCUT2D eigenvalue weighted by molar-refractivity contribution is 0.102. The van der Waals surface area contributed by atoms with Crippen molar-refractivity contribution in [3.8, 4) is 17.1 Å². The molecule has 2 N–H and O–H groups in total. The number of aromatic amines is 1. The maximum absolute atomic E-state index is 11.1. The molecule has 1 aliphatic heterocycles. The van der Waals surface area contributed by atoms with Crippen LogP contribution in [-0.4, -0.2) is 43.1 Å². The zero-order valence-electron chi connectivity index (χ0n) is 11.8. The largest absolute Gasteiger partial charge is 0.492 e. The molecule has 2 aromatic rings. The van der Waals surface area contributed by atoms with Crippen LogP contribution in [0.2, 0.25) is 5.02 Å². The molecular weight excluding hydrogens is 310 g/mol. The molecule has 118 valence electrons. The average Bonchev–Trinajstić information content (AvgIpc) is 2.77. The summed E-state index contributed by atoms with van der Waals surface area (Å²) in [4.78, 5) is 13.6. The summed E-state index contributed by atoms with van der Waals surface area (Å²) in [6.07, 6.45) is 0. The van der Waals surface area contributed by atoms with Crippen molar-refractivity contribution in [3.05, 3.63) is 33.8 Å². The molecule has 8 heteroatoms. The third kappa shape index (κ3) is 3.49. The van der Waals surface area contributed by atoms with Gasteiger partial charge in [-0.3, -0.25) is 9.51 Å². The number of halogens is 1. The summed E-state index contributed by atoms with van der Waals surface area (Å²) in [5.41, 5.74) is 0.512. The topological polar surface area (TPSA) is 89.4 Å². The number of hydrogen-bond acceptors (Lipinski definition) is 6. The van der Waals surface area contributed by atoms with E-state index in [-0.39, 0.29) is 11.7 Å².